The highest BCUT2D eigenvalue weighted by Crippen LogP contribution is 2.22. The van der Waals surface area contributed by atoms with Crippen molar-refractivity contribution in [3.05, 3.63) is 52.8 Å². The minimum Gasteiger partial charge on any atom is -0.348 e. The van der Waals surface area contributed by atoms with E-state index in [1.165, 1.54) is 30.4 Å². The van der Waals surface area contributed by atoms with E-state index in [2.05, 4.69) is 28.6 Å². The second-order valence-corrected chi connectivity index (χ2v) is 5.04. The number of aromatic nitrogens is 2. The molecule has 1 aliphatic rings. The number of nitrogens with zero attached hydrogens (tertiary/aromatic N) is 2. The maximum atomic E-state index is 11.9. The lowest BCUT2D eigenvalue weighted by Crippen LogP contribution is -2.22. The fourth-order valence-corrected chi connectivity index (χ4v) is 2.56. The maximum Gasteiger partial charge on any atom is 0.254 e. The van der Waals surface area contributed by atoms with E-state index in [0.717, 1.165) is 5.56 Å². The number of hydrogen-bond acceptors (Lipinski definition) is 2. The molecule has 1 aliphatic carbocycles. The van der Waals surface area contributed by atoms with Crippen LogP contribution in [0.2, 0.25) is 0 Å². The summed E-state index contributed by atoms with van der Waals surface area (Å²) in [4.78, 5) is 11.9. The first kappa shape index (κ1) is 12.0. The third-order valence-electron chi connectivity index (χ3n) is 3.58. The summed E-state index contributed by atoms with van der Waals surface area (Å²) in [5, 5.41) is 6.92. The summed E-state index contributed by atoms with van der Waals surface area (Å²) < 4.78 is 1.63. The molecule has 0 radical (unpaired) electrons. The number of aryl methyl sites for hydroxylation is 3. The van der Waals surface area contributed by atoms with Crippen molar-refractivity contribution in [1.29, 1.82) is 0 Å². The molecule has 1 aromatic carbocycles. The van der Waals surface area contributed by atoms with E-state index < -0.39 is 0 Å². The van der Waals surface area contributed by atoms with Gasteiger partial charge in [0.1, 0.15) is 0 Å². The van der Waals surface area contributed by atoms with Gasteiger partial charge in [-0.15, -0.1) is 0 Å². The van der Waals surface area contributed by atoms with Gasteiger partial charge in [0.05, 0.1) is 11.8 Å². The monoisotopic (exact) mass is 255 g/mol. The lowest BCUT2D eigenvalue weighted by atomic mass is 10.1. The standard InChI is InChI=1S/C15H17N3O/c1-18-10-14(9-17-18)15(19)16-8-11-5-6-12-3-2-4-13(12)7-11/h5-7,9-10H,2-4,8H2,1H3,(H,16,19). The summed E-state index contributed by atoms with van der Waals surface area (Å²) in [6, 6.07) is 6.51. The third-order valence-corrected chi connectivity index (χ3v) is 3.58. The molecule has 0 fully saturated rings. The van der Waals surface area contributed by atoms with Gasteiger partial charge in [0.15, 0.2) is 0 Å². The van der Waals surface area contributed by atoms with Crippen LogP contribution in [0, 0.1) is 0 Å². The summed E-state index contributed by atoms with van der Waals surface area (Å²) in [5.41, 5.74) is 4.66. The zero-order chi connectivity index (χ0) is 13.2. The van der Waals surface area contributed by atoms with Crippen LogP contribution >= 0.6 is 0 Å². The molecule has 0 unspecified atom stereocenters. The molecule has 19 heavy (non-hydrogen) atoms. The van der Waals surface area contributed by atoms with Gasteiger partial charge in [0.2, 0.25) is 0 Å². The number of hydrogen-bond donors (Lipinski definition) is 1. The molecule has 2 aromatic rings. The molecule has 0 aliphatic heterocycles. The SMILES string of the molecule is Cn1cc(C(=O)NCc2ccc3c(c2)CCC3)cn1. The first-order valence-corrected chi connectivity index (χ1v) is 6.60. The Morgan fingerprint density at radius 3 is 3.00 bits per heavy atom. The minimum absolute atomic E-state index is 0.0754. The van der Waals surface area contributed by atoms with Gasteiger partial charge in [-0.25, -0.2) is 0 Å². The number of benzene rings is 1. The lowest BCUT2D eigenvalue weighted by molar-refractivity contribution is 0.0951. The minimum atomic E-state index is -0.0754. The highest BCUT2D eigenvalue weighted by molar-refractivity contribution is 5.93. The summed E-state index contributed by atoms with van der Waals surface area (Å²) >= 11 is 0. The lowest BCUT2D eigenvalue weighted by Gasteiger charge is -2.06. The summed E-state index contributed by atoms with van der Waals surface area (Å²) in [6.07, 6.45) is 6.91. The van der Waals surface area contributed by atoms with Crippen molar-refractivity contribution in [2.75, 3.05) is 0 Å². The molecule has 0 saturated heterocycles. The molecule has 4 heteroatoms. The van der Waals surface area contributed by atoms with Crippen LogP contribution in [0.15, 0.2) is 30.6 Å². The van der Waals surface area contributed by atoms with Crippen molar-refractivity contribution >= 4 is 5.91 Å². The smallest absolute Gasteiger partial charge is 0.254 e. The van der Waals surface area contributed by atoms with Gasteiger partial charge >= 0.3 is 0 Å². The van der Waals surface area contributed by atoms with Crippen molar-refractivity contribution in [3.63, 3.8) is 0 Å². The Morgan fingerprint density at radius 1 is 1.37 bits per heavy atom. The first-order valence-electron chi connectivity index (χ1n) is 6.60. The van der Waals surface area contributed by atoms with E-state index in [-0.39, 0.29) is 5.91 Å². The van der Waals surface area contributed by atoms with Crippen LogP contribution in [0.1, 0.15) is 33.5 Å². The van der Waals surface area contributed by atoms with E-state index in [9.17, 15) is 4.79 Å². The Hall–Kier alpha value is -2.10. The van der Waals surface area contributed by atoms with Crippen molar-refractivity contribution in [2.24, 2.45) is 7.05 Å². The predicted molar refractivity (Wildman–Crippen MR) is 72.8 cm³/mol. The van der Waals surface area contributed by atoms with E-state index in [1.807, 2.05) is 0 Å². The summed E-state index contributed by atoms with van der Waals surface area (Å²) in [6.45, 7) is 0.570. The molecule has 1 amide bonds. The molecule has 3 rings (SSSR count). The Bertz CT molecular complexity index is 616. The van der Waals surface area contributed by atoms with Crippen LogP contribution in [0.3, 0.4) is 0 Å². The van der Waals surface area contributed by atoms with Gasteiger partial charge in [-0.05, 0) is 36.0 Å². The fourth-order valence-electron chi connectivity index (χ4n) is 2.56. The normalized spacial score (nSPS) is 13.3. The molecule has 0 atom stereocenters. The van der Waals surface area contributed by atoms with Gasteiger partial charge < -0.3 is 5.32 Å². The topological polar surface area (TPSA) is 46.9 Å². The molecule has 0 saturated carbocycles. The van der Waals surface area contributed by atoms with E-state index in [1.54, 1.807) is 24.1 Å². The van der Waals surface area contributed by atoms with E-state index in [4.69, 9.17) is 0 Å². The quantitative estimate of drug-likeness (QED) is 0.909. The average Bonchev–Trinajstić information content (AvgIpc) is 3.03. The molecule has 1 aromatic heterocycles. The second kappa shape index (κ2) is 4.88. The highest BCUT2D eigenvalue weighted by Gasteiger charge is 2.11. The number of fused-ring (bicyclic) bond motifs is 1. The molecule has 4 nitrogen and oxygen atoms in total. The summed E-state index contributed by atoms with van der Waals surface area (Å²) in [7, 11) is 1.80. The molecule has 0 bridgehead atoms. The molecular weight excluding hydrogens is 238 g/mol. The average molecular weight is 255 g/mol. The van der Waals surface area contributed by atoms with Gasteiger partial charge in [-0.1, -0.05) is 18.2 Å². The van der Waals surface area contributed by atoms with Crippen LogP contribution in [-0.4, -0.2) is 15.7 Å². The van der Waals surface area contributed by atoms with Crippen molar-refractivity contribution in [1.82, 2.24) is 15.1 Å². The predicted octanol–water partition coefficient (Wildman–Crippen LogP) is 1.84. The van der Waals surface area contributed by atoms with Gasteiger partial charge in [-0.3, -0.25) is 9.48 Å². The van der Waals surface area contributed by atoms with Crippen LogP contribution < -0.4 is 5.32 Å². The van der Waals surface area contributed by atoms with Crippen molar-refractivity contribution < 1.29 is 4.79 Å². The molecular formula is C15H17N3O. The number of rotatable bonds is 3. The number of carbonyl (C=O) groups excluding carboxylic acids is 1. The van der Waals surface area contributed by atoms with Gasteiger partial charge in [0, 0.05) is 19.8 Å². The maximum absolute atomic E-state index is 11.9. The van der Waals surface area contributed by atoms with Crippen LogP contribution in [-0.2, 0) is 26.4 Å². The van der Waals surface area contributed by atoms with Crippen LogP contribution in [0.4, 0.5) is 0 Å². The third kappa shape index (κ3) is 2.52. The highest BCUT2D eigenvalue weighted by atomic mass is 16.1. The van der Waals surface area contributed by atoms with E-state index >= 15 is 0 Å². The van der Waals surface area contributed by atoms with Crippen LogP contribution in [0.5, 0.6) is 0 Å². The second-order valence-electron chi connectivity index (χ2n) is 5.04. The number of nitrogens with one attached hydrogen (secondary N) is 1. The van der Waals surface area contributed by atoms with Gasteiger partial charge in [0.25, 0.3) is 5.91 Å². The molecule has 0 spiro atoms. The van der Waals surface area contributed by atoms with Crippen LogP contribution in [0.25, 0.3) is 0 Å². The van der Waals surface area contributed by atoms with E-state index in [0.29, 0.717) is 12.1 Å². The van der Waals surface area contributed by atoms with Crippen molar-refractivity contribution in [3.8, 4) is 0 Å². The molecule has 1 heterocycles. The van der Waals surface area contributed by atoms with Crippen molar-refractivity contribution in [2.45, 2.75) is 25.8 Å². The summed E-state index contributed by atoms with van der Waals surface area (Å²) in [5.74, 6) is -0.0754. The zero-order valence-corrected chi connectivity index (χ0v) is 11.0. The van der Waals surface area contributed by atoms with Gasteiger partial charge in [-0.2, -0.15) is 5.10 Å². The Balaban J connectivity index is 1.64. The number of carbonyl (C=O) groups is 1. The Kier molecular flexibility index (Phi) is 3.07. The Morgan fingerprint density at radius 2 is 2.21 bits per heavy atom. The number of amides is 1. The fraction of sp³-hybridized carbons (Fsp3) is 0.333. The first-order chi connectivity index (χ1) is 9.22. The molecule has 98 valence electrons. The Labute approximate surface area is 112 Å². The molecule has 1 N–H and O–H groups in total. The zero-order valence-electron chi connectivity index (χ0n) is 11.0. The largest absolute Gasteiger partial charge is 0.348 e.